The van der Waals surface area contributed by atoms with Gasteiger partial charge in [0.2, 0.25) is 0 Å². The number of rotatable bonds is 4. The molecule has 3 heterocycles. The molecule has 0 amide bonds. The van der Waals surface area contributed by atoms with Gasteiger partial charge in [-0.15, -0.1) is 10.2 Å². The minimum atomic E-state index is 0.0121. The predicted octanol–water partition coefficient (Wildman–Crippen LogP) is 9.21. The third-order valence-electron chi connectivity index (χ3n) is 8.59. The third-order valence-corrected chi connectivity index (χ3v) is 8.59. The zero-order valence-electron chi connectivity index (χ0n) is 28.5. The maximum Gasteiger partial charge on any atom is 0.200 e. The molecule has 0 fully saturated rings. The Morgan fingerprint density at radius 2 is 0.660 bits per heavy atom. The van der Waals surface area contributed by atoms with Gasteiger partial charge < -0.3 is 13.3 Å². The van der Waals surface area contributed by atoms with Crippen LogP contribution in [0.5, 0.6) is 0 Å². The highest BCUT2D eigenvalue weighted by Gasteiger charge is 2.10. The minimum Gasteiger partial charge on any atom is -0.464 e. The molecule has 0 unspecified atom stereocenters. The van der Waals surface area contributed by atoms with E-state index in [4.69, 9.17) is 23.5 Å². The Balaban J connectivity index is 0.000000192. The van der Waals surface area contributed by atoms with Gasteiger partial charge >= 0.3 is 0 Å². The van der Waals surface area contributed by atoms with Gasteiger partial charge in [-0.3, -0.25) is 16.5 Å². The van der Waals surface area contributed by atoms with Crippen LogP contribution in [0.1, 0.15) is 0 Å². The van der Waals surface area contributed by atoms with E-state index in [1.165, 1.54) is 6.26 Å². The van der Waals surface area contributed by atoms with Crippen molar-refractivity contribution >= 4 is 32.9 Å². The molecule has 0 aliphatic heterocycles. The Bertz CT molecular complexity index is 2700. The summed E-state index contributed by atoms with van der Waals surface area (Å²) in [6.07, 6.45) is 5.03. The molecule has 0 atom stereocenters. The Morgan fingerprint density at radius 3 is 1.08 bits per heavy atom. The highest BCUT2D eigenvalue weighted by molar-refractivity contribution is 5.83. The number of para-hydroxylation sites is 3. The Kier molecular flexibility index (Phi) is 10.5. The summed E-state index contributed by atoms with van der Waals surface area (Å²) >= 11 is 0. The van der Waals surface area contributed by atoms with E-state index in [0.29, 0.717) is 16.5 Å². The fourth-order valence-corrected chi connectivity index (χ4v) is 6.03. The van der Waals surface area contributed by atoms with Crippen molar-refractivity contribution in [1.82, 2.24) is 0 Å². The van der Waals surface area contributed by atoms with Gasteiger partial charge in [0.15, 0.2) is 5.43 Å². The van der Waals surface area contributed by atoms with Gasteiger partial charge in [0.25, 0.3) is 0 Å². The molecule has 3 aromatic heterocycles. The van der Waals surface area contributed by atoms with E-state index in [-0.39, 0.29) is 5.43 Å². The van der Waals surface area contributed by atoms with Crippen molar-refractivity contribution in [3.05, 3.63) is 204 Å². The summed E-state index contributed by atoms with van der Waals surface area (Å²) in [5, 5.41) is 13.6. The van der Waals surface area contributed by atoms with Gasteiger partial charge in [-0.1, -0.05) is 127 Å². The summed E-state index contributed by atoms with van der Waals surface area (Å²) in [7, 11) is 0. The first kappa shape index (κ1) is 34.3. The summed E-state index contributed by atoms with van der Waals surface area (Å²) in [5.74, 6) is 8.00. The number of fused-ring (bicyclic) bond motifs is 3. The fourth-order valence-electron chi connectivity index (χ4n) is 6.03. The molecule has 0 radical (unpaired) electrons. The number of nitrogens with zero attached hydrogens (tertiary/aromatic N) is 2. The second kappa shape index (κ2) is 16.3. The fraction of sp³-hybridized carbons (Fsp3) is 0. The predicted molar refractivity (Wildman–Crippen MR) is 211 cm³/mol. The van der Waals surface area contributed by atoms with Crippen LogP contribution in [-0.4, -0.2) is 0 Å². The summed E-state index contributed by atoms with van der Waals surface area (Å²) in [6.45, 7) is 0. The third kappa shape index (κ3) is 7.36. The molecule has 4 N–H and O–H groups in total. The molecule has 0 aliphatic rings. The average molecular weight is 695 g/mol. The van der Waals surface area contributed by atoms with Crippen molar-refractivity contribution in [1.29, 1.82) is 0 Å². The van der Waals surface area contributed by atoms with Crippen molar-refractivity contribution in [2.24, 2.45) is 21.9 Å². The Morgan fingerprint density at radius 1 is 0.358 bits per heavy atom. The number of nitrogens with two attached hydrogens (primary N) is 2. The summed E-state index contributed by atoms with van der Waals surface area (Å²) < 4.78 is 17.4. The zero-order chi connectivity index (χ0) is 36.4. The van der Waals surface area contributed by atoms with Gasteiger partial charge in [0, 0.05) is 21.9 Å². The summed E-state index contributed by atoms with van der Waals surface area (Å²) in [6, 6.07) is 52.8. The van der Waals surface area contributed by atoms with Gasteiger partial charge in [0.05, 0.1) is 10.9 Å². The monoisotopic (exact) mass is 694 g/mol. The molecule has 0 aliphatic carbocycles. The van der Waals surface area contributed by atoms with Crippen molar-refractivity contribution < 1.29 is 13.3 Å². The number of hydrazine groups is 1. The van der Waals surface area contributed by atoms with Gasteiger partial charge in [0.1, 0.15) is 46.3 Å². The van der Waals surface area contributed by atoms with Crippen LogP contribution < -0.4 is 27.8 Å². The van der Waals surface area contributed by atoms with Crippen LogP contribution in [0.2, 0.25) is 0 Å². The molecule has 0 spiro atoms. The number of hydrogen-bond donors (Lipinski definition) is 2. The second-order valence-electron chi connectivity index (χ2n) is 11.8. The molecule has 9 rings (SSSR count). The Hall–Kier alpha value is -7.13. The van der Waals surface area contributed by atoms with E-state index in [9.17, 15) is 4.79 Å². The van der Waals surface area contributed by atoms with Crippen LogP contribution in [0.15, 0.2) is 211 Å². The normalized spacial score (nSPS) is 11.5. The number of benzene rings is 6. The largest absolute Gasteiger partial charge is 0.464 e. The minimum absolute atomic E-state index is 0.0121. The molecule has 8 nitrogen and oxygen atoms in total. The standard InChI is InChI=1S/C30H20N2O2.C15H10O2.H4N2/c1-3-11-21(12-4-1)25-19-33-27-17-9-7-15-23(27)29(25)31-32-30-24-16-8-10-18-28(24)34-20-26(30)22-13-5-2-6-14-22;16-15-12-8-4-5-9-14(12)17-10-13(15)11-6-2-1-3-7-11;1-2/h1-20H;1-10H;1-2H2. The van der Waals surface area contributed by atoms with Crippen LogP contribution in [0.25, 0.3) is 66.3 Å². The molecule has 0 bridgehead atoms. The van der Waals surface area contributed by atoms with Gasteiger partial charge in [-0.05, 0) is 53.1 Å². The molecular weight excluding hydrogens is 661 g/mol. The summed E-state index contributed by atoms with van der Waals surface area (Å²) in [5.41, 5.74) is 7.43. The maximum atomic E-state index is 12.3. The van der Waals surface area contributed by atoms with Crippen molar-refractivity contribution in [3.63, 3.8) is 0 Å². The van der Waals surface area contributed by atoms with E-state index in [1.807, 2.05) is 152 Å². The lowest BCUT2D eigenvalue weighted by molar-refractivity contribution is 0.602. The molecular formula is C45H34N4O4. The Labute approximate surface area is 304 Å². The van der Waals surface area contributed by atoms with Gasteiger partial charge in [-0.25, -0.2) is 0 Å². The van der Waals surface area contributed by atoms with E-state index >= 15 is 0 Å². The molecule has 6 aromatic carbocycles. The SMILES string of the molecule is NN.O=c1c(-c2ccccc2)coc2ccccc12.c1ccc(-c2coc3ccccc3c2=NN=c2c(-c3ccccc3)coc3ccccc23)cc1. The second-order valence-corrected chi connectivity index (χ2v) is 11.8. The van der Waals surface area contributed by atoms with Crippen LogP contribution in [0.3, 0.4) is 0 Å². The topological polar surface area (TPSA) is 133 Å². The number of hydrogen-bond acceptors (Lipinski definition) is 8. The lowest BCUT2D eigenvalue weighted by atomic mass is 10.1. The first-order chi connectivity index (χ1) is 26.2. The van der Waals surface area contributed by atoms with Crippen molar-refractivity contribution in [2.45, 2.75) is 0 Å². The van der Waals surface area contributed by atoms with Crippen molar-refractivity contribution in [3.8, 4) is 33.4 Å². The van der Waals surface area contributed by atoms with Crippen molar-refractivity contribution in [2.75, 3.05) is 0 Å². The first-order valence-corrected chi connectivity index (χ1v) is 16.8. The van der Waals surface area contributed by atoms with E-state index in [0.717, 1.165) is 60.5 Å². The lowest BCUT2D eigenvalue weighted by Crippen LogP contribution is -2.11. The smallest absolute Gasteiger partial charge is 0.200 e. The highest BCUT2D eigenvalue weighted by Crippen LogP contribution is 2.22. The average Bonchev–Trinajstić information content (AvgIpc) is 3.24. The molecule has 0 saturated heterocycles. The van der Waals surface area contributed by atoms with E-state index in [2.05, 4.69) is 11.7 Å². The quantitative estimate of drug-likeness (QED) is 0.139. The molecule has 0 saturated carbocycles. The van der Waals surface area contributed by atoms with Gasteiger partial charge in [-0.2, -0.15) is 0 Å². The highest BCUT2D eigenvalue weighted by atomic mass is 16.3. The molecule has 53 heavy (non-hydrogen) atoms. The molecule has 9 aromatic rings. The van der Waals surface area contributed by atoms with Crippen LogP contribution in [-0.2, 0) is 0 Å². The maximum absolute atomic E-state index is 12.3. The van der Waals surface area contributed by atoms with Crippen LogP contribution >= 0.6 is 0 Å². The lowest BCUT2D eigenvalue weighted by Gasteiger charge is -2.06. The summed E-state index contributed by atoms with van der Waals surface area (Å²) in [4.78, 5) is 12.3. The molecule has 8 heteroatoms. The molecule has 258 valence electrons. The zero-order valence-corrected chi connectivity index (χ0v) is 28.5. The van der Waals surface area contributed by atoms with E-state index < -0.39 is 0 Å². The first-order valence-electron chi connectivity index (χ1n) is 16.8. The van der Waals surface area contributed by atoms with E-state index in [1.54, 1.807) is 24.7 Å². The van der Waals surface area contributed by atoms with Crippen LogP contribution in [0.4, 0.5) is 0 Å². The van der Waals surface area contributed by atoms with Crippen LogP contribution in [0, 0.1) is 0 Å².